The SMILES string of the molecule is CNC(C)CCc1ccc(OCC(=O)NCC(C)C)cc1. The van der Waals surface area contributed by atoms with Crippen molar-refractivity contribution >= 4 is 5.91 Å². The number of aryl methyl sites for hydroxylation is 1. The molecule has 2 N–H and O–H groups in total. The van der Waals surface area contributed by atoms with E-state index in [2.05, 4.69) is 43.5 Å². The summed E-state index contributed by atoms with van der Waals surface area (Å²) < 4.78 is 5.48. The van der Waals surface area contributed by atoms with Crippen LogP contribution in [0.15, 0.2) is 24.3 Å². The van der Waals surface area contributed by atoms with Gasteiger partial charge >= 0.3 is 0 Å². The third-order valence-electron chi connectivity index (χ3n) is 3.36. The van der Waals surface area contributed by atoms with E-state index in [-0.39, 0.29) is 12.5 Å². The predicted molar refractivity (Wildman–Crippen MR) is 86.6 cm³/mol. The summed E-state index contributed by atoms with van der Waals surface area (Å²) in [6, 6.07) is 8.49. The van der Waals surface area contributed by atoms with Crippen molar-refractivity contribution in [1.29, 1.82) is 0 Å². The number of benzene rings is 1. The number of hydrogen-bond acceptors (Lipinski definition) is 3. The number of carbonyl (C=O) groups is 1. The Balaban J connectivity index is 2.32. The number of nitrogens with one attached hydrogen (secondary N) is 2. The first-order valence-corrected chi connectivity index (χ1v) is 7.67. The molecule has 0 aromatic heterocycles. The molecule has 1 aromatic rings. The second kappa shape index (κ2) is 9.40. The van der Waals surface area contributed by atoms with Gasteiger partial charge in [0.05, 0.1) is 0 Å². The fourth-order valence-electron chi connectivity index (χ4n) is 1.80. The molecule has 4 nitrogen and oxygen atoms in total. The van der Waals surface area contributed by atoms with Crippen LogP contribution in [0.1, 0.15) is 32.8 Å². The first-order valence-electron chi connectivity index (χ1n) is 7.67. The summed E-state index contributed by atoms with van der Waals surface area (Å²) in [7, 11) is 1.98. The molecule has 0 aliphatic heterocycles. The van der Waals surface area contributed by atoms with E-state index in [1.54, 1.807) is 0 Å². The molecule has 0 saturated heterocycles. The van der Waals surface area contributed by atoms with Crippen molar-refractivity contribution < 1.29 is 9.53 Å². The Morgan fingerprint density at radius 1 is 1.19 bits per heavy atom. The summed E-state index contributed by atoms with van der Waals surface area (Å²) in [6.07, 6.45) is 2.14. The lowest BCUT2D eigenvalue weighted by molar-refractivity contribution is -0.123. The van der Waals surface area contributed by atoms with Crippen LogP contribution < -0.4 is 15.4 Å². The smallest absolute Gasteiger partial charge is 0.257 e. The quantitative estimate of drug-likeness (QED) is 0.735. The Morgan fingerprint density at radius 3 is 2.43 bits per heavy atom. The zero-order valence-corrected chi connectivity index (χ0v) is 13.6. The largest absolute Gasteiger partial charge is 0.484 e. The minimum atomic E-state index is -0.0735. The van der Waals surface area contributed by atoms with Crippen molar-refractivity contribution in [1.82, 2.24) is 10.6 Å². The molecule has 0 heterocycles. The van der Waals surface area contributed by atoms with Gasteiger partial charge in [-0.15, -0.1) is 0 Å². The molecule has 4 heteroatoms. The van der Waals surface area contributed by atoms with E-state index in [0.717, 1.165) is 18.6 Å². The molecular weight excluding hydrogens is 264 g/mol. The number of carbonyl (C=O) groups excluding carboxylic acids is 1. The molecular formula is C17H28N2O2. The minimum absolute atomic E-state index is 0.0723. The van der Waals surface area contributed by atoms with Gasteiger partial charge in [0, 0.05) is 12.6 Å². The zero-order chi connectivity index (χ0) is 15.7. The molecule has 1 unspecified atom stereocenters. The highest BCUT2D eigenvalue weighted by atomic mass is 16.5. The van der Waals surface area contributed by atoms with Gasteiger partial charge in [-0.3, -0.25) is 4.79 Å². The molecule has 1 amide bonds. The number of hydrogen-bond donors (Lipinski definition) is 2. The second-order valence-electron chi connectivity index (χ2n) is 5.86. The molecule has 0 bridgehead atoms. The van der Waals surface area contributed by atoms with Crippen LogP contribution in [-0.2, 0) is 11.2 Å². The van der Waals surface area contributed by atoms with Gasteiger partial charge in [0.25, 0.3) is 5.91 Å². The maximum absolute atomic E-state index is 11.6. The fourth-order valence-corrected chi connectivity index (χ4v) is 1.80. The van der Waals surface area contributed by atoms with Gasteiger partial charge in [-0.2, -0.15) is 0 Å². The molecule has 0 radical (unpaired) electrons. The summed E-state index contributed by atoms with van der Waals surface area (Å²) in [5.74, 6) is 1.11. The lowest BCUT2D eigenvalue weighted by Crippen LogP contribution is -2.31. The Hall–Kier alpha value is -1.55. The molecule has 0 spiro atoms. The van der Waals surface area contributed by atoms with Gasteiger partial charge in [-0.1, -0.05) is 26.0 Å². The van der Waals surface area contributed by atoms with Gasteiger partial charge in [0.2, 0.25) is 0 Å². The molecule has 0 saturated carbocycles. The highest BCUT2D eigenvalue weighted by molar-refractivity contribution is 5.77. The third-order valence-corrected chi connectivity index (χ3v) is 3.36. The number of amides is 1. The third kappa shape index (κ3) is 7.71. The van der Waals surface area contributed by atoms with E-state index in [0.29, 0.717) is 18.5 Å². The molecule has 1 atom stereocenters. The summed E-state index contributed by atoms with van der Waals surface area (Å²) in [4.78, 5) is 11.6. The van der Waals surface area contributed by atoms with Crippen molar-refractivity contribution in [2.75, 3.05) is 20.2 Å². The van der Waals surface area contributed by atoms with Crippen LogP contribution in [0.5, 0.6) is 5.75 Å². The summed E-state index contributed by atoms with van der Waals surface area (Å²) in [5, 5.41) is 6.06. The lowest BCUT2D eigenvalue weighted by Gasteiger charge is -2.11. The monoisotopic (exact) mass is 292 g/mol. The fraction of sp³-hybridized carbons (Fsp3) is 0.588. The van der Waals surface area contributed by atoms with Crippen LogP contribution in [0, 0.1) is 5.92 Å². The first kappa shape index (κ1) is 17.5. The average Bonchev–Trinajstić information content (AvgIpc) is 2.49. The molecule has 0 aliphatic rings. The molecule has 1 rings (SSSR count). The van der Waals surface area contributed by atoms with E-state index in [1.807, 2.05) is 19.2 Å². The predicted octanol–water partition coefficient (Wildman–Crippen LogP) is 2.38. The molecule has 0 aliphatic carbocycles. The van der Waals surface area contributed by atoms with Gasteiger partial charge in [-0.25, -0.2) is 0 Å². The summed E-state index contributed by atoms with van der Waals surface area (Å²) in [6.45, 7) is 7.06. The Bertz CT molecular complexity index is 415. The number of ether oxygens (including phenoxy) is 1. The van der Waals surface area contributed by atoms with E-state index >= 15 is 0 Å². The normalized spacial score (nSPS) is 12.2. The van der Waals surface area contributed by atoms with Crippen molar-refractivity contribution in [3.05, 3.63) is 29.8 Å². The highest BCUT2D eigenvalue weighted by Gasteiger charge is 2.04. The highest BCUT2D eigenvalue weighted by Crippen LogP contribution is 2.13. The van der Waals surface area contributed by atoms with Gasteiger partial charge in [0.15, 0.2) is 6.61 Å². The van der Waals surface area contributed by atoms with Crippen LogP contribution in [0.3, 0.4) is 0 Å². The standard InChI is InChI=1S/C17H28N2O2/c1-13(2)11-19-17(20)12-21-16-9-7-15(8-10-16)6-5-14(3)18-4/h7-10,13-14,18H,5-6,11-12H2,1-4H3,(H,19,20). The van der Waals surface area contributed by atoms with Crippen LogP contribution in [0.2, 0.25) is 0 Å². The van der Waals surface area contributed by atoms with Crippen LogP contribution in [-0.4, -0.2) is 32.1 Å². The maximum atomic E-state index is 11.6. The molecule has 1 aromatic carbocycles. The van der Waals surface area contributed by atoms with Gasteiger partial charge in [-0.05, 0) is 50.4 Å². The zero-order valence-electron chi connectivity index (χ0n) is 13.6. The van der Waals surface area contributed by atoms with Crippen molar-refractivity contribution in [3.8, 4) is 5.75 Å². The summed E-state index contributed by atoms with van der Waals surface area (Å²) in [5.41, 5.74) is 1.29. The van der Waals surface area contributed by atoms with Crippen molar-refractivity contribution in [2.45, 2.75) is 39.7 Å². The molecule has 0 fully saturated rings. The summed E-state index contributed by atoms with van der Waals surface area (Å²) >= 11 is 0. The molecule has 21 heavy (non-hydrogen) atoms. The van der Waals surface area contributed by atoms with Crippen LogP contribution in [0.4, 0.5) is 0 Å². The maximum Gasteiger partial charge on any atom is 0.257 e. The lowest BCUT2D eigenvalue weighted by atomic mass is 10.1. The van der Waals surface area contributed by atoms with E-state index < -0.39 is 0 Å². The van der Waals surface area contributed by atoms with E-state index in [1.165, 1.54) is 5.56 Å². The Morgan fingerprint density at radius 2 is 1.86 bits per heavy atom. The number of rotatable bonds is 9. The first-order chi connectivity index (χ1) is 10.0. The van der Waals surface area contributed by atoms with Gasteiger partial charge in [0.1, 0.15) is 5.75 Å². The van der Waals surface area contributed by atoms with Crippen LogP contribution >= 0.6 is 0 Å². The van der Waals surface area contributed by atoms with E-state index in [9.17, 15) is 4.79 Å². The minimum Gasteiger partial charge on any atom is -0.484 e. The van der Waals surface area contributed by atoms with Gasteiger partial charge < -0.3 is 15.4 Å². The van der Waals surface area contributed by atoms with Crippen LogP contribution in [0.25, 0.3) is 0 Å². The van der Waals surface area contributed by atoms with E-state index in [4.69, 9.17) is 4.74 Å². The molecule has 118 valence electrons. The Kier molecular flexibility index (Phi) is 7.83. The topological polar surface area (TPSA) is 50.4 Å². The van der Waals surface area contributed by atoms with Crippen molar-refractivity contribution in [3.63, 3.8) is 0 Å². The Labute approximate surface area is 128 Å². The second-order valence-corrected chi connectivity index (χ2v) is 5.86. The average molecular weight is 292 g/mol. The van der Waals surface area contributed by atoms with Crippen molar-refractivity contribution in [2.24, 2.45) is 5.92 Å².